The molecule has 1 atom stereocenters. The number of benzene rings is 2. The van der Waals surface area contributed by atoms with Crippen molar-refractivity contribution in [1.82, 2.24) is 10.2 Å². The molecule has 1 unspecified atom stereocenters. The Kier molecular flexibility index (Phi) is 9.03. The van der Waals surface area contributed by atoms with E-state index in [1.54, 1.807) is 36.4 Å². The van der Waals surface area contributed by atoms with Crippen LogP contribution in [0.25, 0.3) is 0 Å². The van der Waals surface area contributed by atoms with Gasteiger partial charge in [-0.2, -0.15) is 0 Å². The van der Waals surface area contributed by atoms with Crippen LogP contribution in [-0.4, -0.2) is 48.9 Å². The Balaban J connectivity index is 1.83. The Morgan fingerprint density at radius 1 is 1.06 bits per heavy atom. The SMILES string of the molecule is Cc1ccc(NC(=O)CN(C)C(=O)COC(=O)CC(NC(N)=O)c2ccc(Cl)cc2)cc1. The molecule has 0 saturated carbocycles. The normalized spacial score (nSPS) is 11.2. The van der Waals surface area contributed by atoms with E-state index in [-0.39, 0.29) is 18.9 Å². The summed E-state index contributed by atoms with van der Waals surface area (Å²) in [6.45, 7) is 1.18. The number of ether oxygens (including phenoxy) is 1. The zero-order valence-electron chi connectivity index (χ0n) is 17.8. The average Bonchev–Trinajstić information content (AvgIpc) is 2.73. The Morgan fingerprint density at radius 2 is 1.69 bits per heavy atom. The lowest BCUT2D eigenvalue weighted by Gasteiger charge is -2.19. The minimum atomic E-state index is -0.812. The van der Waals surface area contributed by atoms with Gasteiger partial charge in [-0.1, -0.05) is 41.4 Å². The third-order valence-corrected chi connectivity index (χ3v) is 4.71. The lowest BCUT2D eigenvalue weighted by Crippen LogP contribution is -2.38. The molecule has 0 aromatic heterocycles. The average molecular weight is 461 g/mol. The van der Waals surface area contributed by atoms with E-state index in [0.29, 0.717) is 16.3 Å². The maximum Gasteiger partial charge on any atom is 0.312 e. The number of likely N-dealkylation sites (N-methyl/N-ethyl adjacent to an activating group) is 1. The maximum absolute atomic E-state index is 12.2. The number of carbonyl (C=O) groups excluding carboxylic acids is 4. The number of nitrogens with one attached hydrogen (secondary N) is 2. The van der Waals surface area contributed by atoms with E-state index in [0.717, 1.165) is 10.5 Å². The number of carbonyl (C=O) groups is 4. The summed E-state index contributed by atoms with van der Waals surface area (Å²) >= 11 is 5.86. The highest BCUT2D eigenvalue weighted by Crippen LogP contribution is 2.20. The number of nitrogens with zero attached hydrogens (tertiary/aromatic N) is 1. The van der Waals surface area contributed by atoms with Crippen molar-refractivity contribution < 1.29 is 23.9 Å². The van der Waals surface area contributed by atoms with Gasteiger partial charge in [0, 0.05) is 17.8 Å². The number of anilines is 1. The van der Waals surface area contributed by atoms with E-state index >= 15 is 0 Å². The number of esters is 1. The summed E-state index contributed by atoms with van der Waals surface area (Å²) in [5, 5.41) is 5.64. The van der Waals surface area contributed by atoms with E-state index in [9.17, 15) is 19.2 Å². The smallest absolute Gasteiger partial charge is 0.312 e. The van der Waals surface area contributed by atoms with Crippen LogP contribution in [0.2, 0.25) is 5.02 Å². The highest BCUT2D eigenvalue weighted by molar-refractivity contribution is 6.30. The summed E-state index contributed by atoms with van der Waals surface area (Å²) in [6.07, 6.45) is -0.241. The first-order valence-electron chi connectivity index (χ1n) is 9.71. The number of aryl methyl sites for hydroxylation is 1. The second-order valence-corrected chi connectivity index (χ2v) is 7.58. The lowest BCUT2D eigenvalue weighted by atomic mass is 10.0. The van der Waals surface area contributed by atoms with Crippen LogP contribution in [0.5, 0.6) is 0 Å². The molecule has 170 valence electrons. The second-order valence-electron chi connectivity index (χ2n) is 7.14. The van der Waals surface area contributed by atoms with Crippen molar-refractivity contribution in [2.75, 3.05) is 25.5 Å². The van der Waals surface area contributed by atoms with Gasteiger partial charge in [0.15, 0.2) is 6.61 Å². The number of amides is 4. The fraction of sp³-hybridized carbons (Fsp3) is 0.273. The number of primary amides is 1. The van der Waals surface area contributed by atoms with Gasteiger partial charge in [-0.15, -0.1) is 0 Å². The zero-order chi connectivity index (χ0) is 23.7. The summed E-state index contributed by atoms with van der Waals surface area (Å²) in [5.41, 5.74) is 7.45. The fourth-order valence-electron chi connectivity index (χ4n) is 2.74. The molecular formula is C22H25ClN4O5. The van der Waals surface area contributed by atoms with Crippen LogP contribution in [0.4, 0.5) is 10.5 Å². The number of hydrogen-bond acceptors (Lipinski definition) is 5. The Bertz CT molecular complexity index is 963. The number of nitrogens with two attached hydrogens (primary N) is 1. The summed E-state index contributed by atoms with van der Waals surface area (Å²) in [7, 11) is 1.43. The minimum Gasteiger partial charge on any atom is -0.455 e. The van der Waals surface area contributed by atoms with Crippen molar-refractivity contribution >= 4 is 41.1 Å². The summed E-state index contributed by atoms with van der Waals surface area (Å²) < 4.78 is 5.02. The van der Waals surface area contributed by atoms with E-state index in [1.807, 2.05) is 19.1 Å². The van der Waals surface area contributed by atoms with Gasteiger partial charge in [0.2, 0.25) is 5.91 Å². The van der Waals surface area contributed by atoms with Crippen LogP contribution in [0.3, 0.4) is 0 Å². The Hall–Kier alpha value is -3.59. The van der Waals surface area contributed by atoms with Gasteiger partial charge in [-0.3, -0.25) is 14.4 Å². The van der Waals surface area contributed by atoms with Gasteiger partial charge in [0.05, 0.1) is 19.0 Å². The molecule has 0 radical (unpaired) electrons. The molecule has 10 heteroatoms. The van der Waals surface area contributed by atoms with Crippen molar-refractivity contribution in [3.8, 4) is 0 Å². The van der Waals surface area contributed by atoms with Crippen molar-refractivity contribution in [2.24, 2.45) is 5.73 Å². The van der Waals surface area contributed by atoms with Gasteiger partial charge in [-0.25, -0.2) is 4.79 Å². The standard InChI is InChI=1S/C22H25ClN4O5/c1-14-3-9-17(10-4-14)25-19(28)12-27(2)20(29)13-32-21(30)11-18(26-22(24)31)15-5-7-16(23)8-6-15/h3-10,18H,11-13H2,1-2H3,(H,25,28)(H3,24,26,31). The van der Waals surface area contributed by atoms with Crippen LogP contribution < -0.4 is 16.4 Å². The predicted molar refractivity (Wildman–Crippen MR) is 120 cm³/mol. The molecule has 2 aromatic rings. The first kappa shape index (κ1) is 24.7. The van der Waals surface area contributed by atoms with Crippen LogP contribution in [0, 0.1) is 6.92 Å². The molecule has 2 rings (SSSR count). The molecule has 2 aromatic carbocycles. The van der Waals surface area contributed by atoms with Gasteiger partial charge in [0.25, 0.3) is 5.91 Å². The largest absolute Gasteiger partial charge is 0.455 e. The predicted octanol–water partition coefficient (Wildman–Crippen LogP) is 2.39. The van der Waals surface area contributed by atoms with E-state index < -0.39 is 30.6 Å². The van der Waals surface area contributed by atoms with Crippen LogP contribution in [-0.2, 0) is 19.1 Å². The molecule has 4 amide bonds. The quantitative estimate of drug-likeness (QED) is 0.494. The molecule has 0 bridgehead atoms. The van der Waals surface area contributed by atoms with Crippen LogP contribution >= 0.6 is 11.6 Å². The molecule has 0 saturated heterocycles. The first-order valence-corrected chi connectivity index (χ1v) is 10.1. The number of halogens is 1. The van der Waals surface area contributed by atoms with E-state index in [1.165, 1.54) is 7.05 Å². The van der Waals surface area contributed by atoms with Crippen LogP contribution in [0.15, 0.2) is 48.5 Å². The Morgan fingerprint density at radius 3 is 2.28 bits per heavy atom. The first-order chi connectivity index (χ1) is 15.1. The number of urea groups is 1. The molecule has 0 spiro atoms. The summed E-state index contributed by atoms with van der Waals surface area (Å²) in [6, 6.07) is 12.2. The molecule has 0 aliphatic heterocycles. The molecule has 0 aliphatic carbocycles. The van der Waals surface area contributed by atoms with Crippen molar-refractivity contribution in [3.63, 3.8) is 0 Å². The van der Waals surface area contributed by atoms with Crippen molar-refractivity contribution in [3.05, 3.63) is 64.7 Å². The van der Waals surface area contributed by atoms with Gasteiger partial charge in [0.1, 0.15) is 0 Å². The minimum absolute atomic E-state index is 0.207. The second kappa shape index (κ2) is 11.7. The molecule has 0 aliphatic rings. The van der Waals surface area contributed by atoms with Crippen LogP contribution in [0.1, 0.15) is 23.6 Å². The maximum atomic E-state index is 12.2. The molecule has 4 N–H and O–H groups in total. The van der Waals surface area contributed by atoms with Crippen molar-refractivity contribution in [1.29, 1.82) is 0 Å². The van der Waals surface area contributed by atoms with E-state index in [2.05, 4.69) is 10.6 Å². The zero-order valence-corrected chi connectivity index (χ0v) is 18.5. The van der Waals surface area contributed by atoms with E-state index in [4.69, 9.17) is 22.1 Å². The lowest BCUT2D eigenvalue weighted by molar-refractivity contribution is -0.152. The number of rotatable bonds is 9. The molecule has 9 nitrogen and oxygen atoms in total. The molecule has 0 fully saturated rings. The third-order valence-electron chi connectivity index (χ3n) is 4.46. The fourth-order valence-corrected chi connectivity index (χ4v) is 2.86. The molecule has 32 heavy (non-hydrogen) atoms. The van der Waals surface area contributed by atoms with Crippen molar-refractivity contribution in [2.45, 2.75) is 19.4 Å². The molecular weight excluding hydrogens is 436 g/mol. The van der Waals surface area contributed by atoms with Gasteiger partial charge in [-0.05, 0) is 36.8 Å². The molecule has 0 heterocycles. The third kappa shape index (κ3) is 8.27. The monoisotopic (exact) mass is 460 g/mol. The highest BCUT2D eigenvalue weighted by atomic mass is 35.5. The number of hydrogen-bond donors (Lipinski definition) is 3. The van der Waals surface area contributed by atoms with Gasteiger partial charge >= 0.3 is 12.0 Å². The highest BCUT2D eigenvalue weighted by Gasteiger charge is 2.20. The summed E-state index contributed by atoms with van der Waals surface area (Å²) in [5.74, 6) is -1.66. The van der Waals surface area contributed by atoms with Gasteiger partial charge < -0.3 is 26.0 Å². The topological polar surface area (TPSA) is 131 Å². The Labute approximate surface area is 190 Å². The summed E-state index contributed by atoms with van der Waals surface area (Å²) in [4.78, 5) is 48.9.